The summed E-state index contributed by atoms with van der Waals surface area (Å²) in [5, 5.41) is 2.85. The quantitative estimate of drug-likeness (QED) is 0.664. The van der Waals surface area contributed by atoms with Crippen molar-refractivity contribution >= 4 is 17.5 Å². The van der Waals surface area contributed by atoms with Gasteiger partial charge >= 0.3 is 0 Å². The van der Waals surface area contributed by atoms with Crippen molar-refractivity contribution in [1.82, 2.24) is 4.90 Å². The Morgan fingerprint density at radius 2 is 1.83 bits per heavy atom. The molecule has 0 aromatic heterocycles. The lowest BCUT2D eigenvalue weighted by Crippen LogP contribution is -3.13. The fourth-order valence-electron chi connectivity index (χ4n) is 2.29. The van der Waals surface area contributed by atoms with Crippen LogP contribution < -0.4 is 15.0 Å². The SMILES string of the molecule is CCCCN(C)C(=O)C[NH+](CC)CC(=O)Nc1ccc(OC)cc1. The minimum atomic E-state index is -0.0963. The molecule has 1 aromatic rings. The molecule has 0 saturated carbocycles. The maximum atomic E-state index is 12.2. The molecule has 1 rings (SSSR count). The lowest BCUT2D eigenvalue weighted by Gasteiger charge is -2.21. The molecule has 134 valence electrons. The van der Waals surface area contributed by atoms with Gasteiger partial charge in [-0.2, -0.15) is 0 Å². The largest absolute Gasteiger partial charge is 0.497 e. The average molecular weight is 336 g/mol. The van der Waals surface area contributed by atoms with Crippen LogP contribution >= 0.6 is 0 Å². The highest BCUT2D eigenvalue weighted by Gasteiger charge is 2.19. The van der Waals surface area contributed by atoms with Crippen LogP contribution in [0.15, 0.2) is 24.3 Å². The lowest BCUT2D eigenvalue weighted by atomic mass is 10.3. The Labute approximate surface area is 144 Å². The van der Waals surface area contributed by atoms with Gasteiger partial charge in [0.05, 0.1) is 13.7 Å². The molecule has 2 amide bonds. The molecule has 1 atom stereocenters. The van der Waals surface area contributed by atoms with Crippen molar-refractivity contribution in [2.45, 2.75) is 26.7 Å². The van der Waals surface area contributed by atoms with Gasteiger partial charge in [-0.3, -0.25) is 9.59 Å². The zero-order chi connectivity index (χ0) is 17.9. The van der Waals surface area contributed by atoms with Crippen LogP contribution in [0.5, 0.6) is 5.75 Å². The number of likely N-dealkylation sites (N-methyl/N-ethyl adjacent to an activating group) is 2. The number of anilines is 1. The van der Waals surface area contributed by atoms with Crippen molar-refractivity contribution in [1.29, 1.82) is 0 Å². The molecule has 0 spiro atoms. The number of hydrogen-bond donors (Lipinski definition) is 2. The number of methoxy groups -OCH3 is 1. The van der Waals surface area contributed by atoms with Gasteiger partial charge in [0.25, 0.3) is 11.8 Å². The summed E-state index contributed by atoms with van der Waals surface area (Å²) in [7, 11) is 3.42. The number of amides is 2. The molecule has 0 aliphatic carbocycles. The molecule has 24 heavy (non-hydrogen) atoms. The number of benzene rings is 1. The number of nitrogens with zero attached hydrogens (tertiary/aromatic N) is 1. The number of ether oxygens (including phenoxy) is 1. The van der Waals surface area contributed by atoms with E-state index in [2.05, 4.69) is 12.2 Å². The van der Waals surface area contributed by atoms with E-state index in [4.69, 9.17) is 4.74 Å². The van der Waals surface area contributed by atoms with Gasteiger partial charge in [0.15, 0.2) is 13.1 Å². The Morgan fingerprint density at radius 1 is 1.17 bits per heavy atom. The molecule has 0 aliphatic heterocycles. The van der Waals surface area contributed by atoms with Crippen LogP contribution in [0.3, 0.4) is 0 Å². The van der Waals surface area contributed by atoms with E-state index in [0.717, 1.165) is 42.3 Å². The highest BCUT2D eigenvalue weighted by molar-refractivity contribution is 5.91. The monoisotopic (exact) mass is 336 g/mol. The number of rotatable bonds is 10. The minimum Gasteiger partial charge on any atom is -0.497 e. The predicted molar refractivity (Wildman–Crippen MR) is 95.4 cm³/mol. The van der Waals surface area contributed by atoms with Crippen LogP contribution in [0, 0.1) is 0 Å². The molecule has 0 saturated heterocycles. The predicted octanol–water partition coefficient (Wildman–Crippen LogP) is 0.797. The van der Waals surface area contributed by atoms with E-state index in [1.54, 1.807) is 36.3 Å². The third kappa shape index (κ3) is 7.00. The molecule has 0 heterocycles. The molecular formula is C18H30N3O3+. The second kappa shape index (κ2) is 10.6. The molecule has 1 unspecified atom stereocenters. The number of carbonyl (C=O) groups excluding carboxylic acids is 2. The van der Waals surface area contributed by atoms with E-state index >= 15 is 0 Å². The zero-order valence-electron chi connectivity index (χ0n) is 15.2. The lowest BCUT2D eigenvalue weighted by molar-refractivity contribution is -0.881. The summed E-state index contributed by atoms with van der Waals surface area (Å²) in [6.45, 7) is 6.19. The van der Waals surface area contributed by atoms with Gasteiger partial charge in [-0.15, -0.1) is 0 Å². The fraction of sp³-hybridized carbons (Fsp3) is 0.556. The molecule has 0 bridgehead atoms. The number of nitrogens with one attached hydrogen (secondary N) is 2. The highest BCUT2D eigenvalue weighted by Crippen LogP contribution is 2.14. The molecule has 0 aliphatic rings. The Morgan fingerprint density at radius 3 is 2.38 bits per heavy atom. The Balaban J connectivity index is 2.48. The van der Waals surface area contributed by atoms with Gasteiger partial charge in [0, 0.05) is 19.3 Å². The molecule has 2 N–H and O–H groups in total. The Bertz CT molecular complexity index is 517. The normalized spacial score (nSPS) is 11.7. The minimum absolute atomic E-state index is 0.0811. The molecule has 6 nitrogen and oxygen atoms in total. The zero-order valence-corrected chi connectivity index (χ0v) is 15.2. The van der Waals surface area contributed by atoms with Crippen LogP contribution in [0.4, 0.5) is 5.69 Å². The molecule has 1 aromatic carbocycles. The van der Waals surface area contributed by atoms with Crippen molar-refractivity contribution in [3.05, 3.63) is 24.3 Å². The van der Waals surface area contributed by atoms with Crippen LogP contribution in [0.2, 0.25) is 0 Å². The first-order chi connectivity index (χ1) is 11.5. The second-order valence-electron chi connectivity index (χ2n) is 5.90. The Kier molecular flexibility index (Phi) is 8.86. The van der Waals surface area contributed by atoms with Gasteiger partial charge in [-0.05, 0) is 37.6 Å². The number of carbonyl (C=O) groups is 2. The maximum absolute atomic E-state index is 12.2. The number of quaternary nitrogens is 1. The van der Waals surface area contributed by atoms with Crippen LogP contribution in [-0.2, 0) is 9.59 Å². The van der Waals surface area contributed by atoms with Crippen molar-refractivity contribution in [2.75, 3.05) is 45.7 Å². The van der Waals surface area contributed by atoms with Crippen molar-refractivity contribution in [3.63, 3.8) is 0 Å². The first kappa shape index (κ1) is 20.0. The van der Waals surface area contributed by atoms with E-state index in [1.807, 2.05) is 14.0 Å². The highest BCUT2D eigenvalue weighted by atomic mass is 16.5. The first-order valence-electron chi connectivity index (χ1n) is 8.51. The Hall–Kier alpha value is -2.08. The number of unbranched alkanes of at least 4 members (excludes halogenated alkanes) is 1. The summed E-state index contributed by atoms with van der Waals surface area (Å²) in [6.07, 6.45) is 2.06. The van der Waals surface area contributed by atoms with Gasteiger partial charge < -0.3 is 19.9 Å². The van der Waals surface area contributed by atoms with Crippen molar-refractivity contribution in [3.8, 4) is 5.75 Å². The van der Waals surface area contributed by atoms with E-state index in [1.165, 1.54) is 0 Å². The van der Waals surface area contributed by atoms with Gasteiger partial charge in [0.1, 0.15) is 5.75 Å². The summed E-state index contributed by atoms with van der Waals surface area (Å²) in [6, 6.07) is 7.19. The number of hydrogen-bond acceptors (Lipinski definition) is 3. The first-order valence-corrected chi connectivity index (χ1v) is 8.51. The molecule has 0 radical (unpaired) electrons. The summed E-state index contributed by atoms with van der Waals surface area (Å²) in [5.41, 5.74) is 0.725. The van der Waals surface area contributed by atoms with Crippen LogP contribution in [0.1, 0.15) is 26.7 Å². The van der Waals surface area contributed by atoms with Crippen molar-refractivity contribution in [2.24, 2.45) is 0 Å². The van der Waals surface area contributed by atoms with E-state index in [9.17, 15) is 9.59 Å². The molecule has 0 fully saturated rings. The summed E-state index contributed by atoms with van der Waals surface area (Å²) >= 11 is 0. The summed E-state index contributed by atoms with van der Waals surface area (Å²) in [4.78, 5) is 27.1. The van der Waals surface area contributed by atoms with Crippen LogP contribution in [-0.4, -0.2) is 57.1 Å². The van der Waals surface area contributed by atoms with E-state index in [0.29, 0.717) is 6.54 Å². The fourth-order valence-corrected chi connectivity index (χ4v) is 2.29. The molecule has 6 heteroatoms. The topological polar surface area (TPSA) is 63.1 Å². The summed E-state index contributed by atoms with van der Waals surface area (Å²) < 4.78 is 5.09. The third-order valence-electron chi connectivity index (χ3n) is 3.96. The van der Waals surface area contributed by atoms with Crippen molar-refractivity contribution < 1.29 is 19.2 Å². The average Bonchev–Trinajstić information content (AvgIpc) is 2.59. The van der Waals surface area contributed by atoms with Gasteiger partial charge in [-0.1, -0.05) is 13.3 Å². The van der Waals surface area contributed by atoms with E-state index < -0.39 is 0 Å². The third-order valence-corrected chi connectivity index (χ3v) is 3.96. The smallest absolute Gasteiger partial charge is 0.279 e. The second-order valence-corrected chi connectivity index (χ2v) is 5.90. The van der Waals surface area contributed by atoms with Gasteiger partial charge in [0.2, 0.25) is 0 Å². The van der Waals surface area contributed by atoms with E-state index in [-0.39, 0.29) is 18.4 Å². The maximum Gasteiger partial charge on any atom is 0.279 e. The van der Waals surface area contributed by atoms with Gasteiger partial charge in [-0.25, -0.2) is 0 Å². The van der Waals surface area contributed by atoms with Crippen LogP contribution in [0.25, 0.3) is 0 Å². The summed E-state index contributed by atoms with van der Waals surface area (Å²) in [5.74, 6) is 0.730. The molecular weight excluding hydrogens is 306 g/mol. The standard InChI is InChI=1S/C18H29N3O3/c1-5-7-12-20(3)18(23)14-21(6-2)13-17(22)19-15-8-10-16(24-4)11-9-15/h8-11H,5-7,12-14H2,1-4H3,(H,19,22)/p+1.